The van der Waals surface area contributed by atoms with E-state index in [1.165, 1.54) is 25.7 Å². The van der Waals surface area contributed by atoms with Crippen LogP contribution in [0.5, 0.6) is 0 Å². The third-order valence-corrected chi connectivity index (χ3v) is 4.01. The summed E-state index contributed by atoms with van der Waals surface area (Å²) in [7, 11) is 0. The van der Waals surface area contributed by atoms with Gasteiger partial charge in [-0.2, -0.15) is 0 Å². The van der Waals surface area contributed by atoms with Gasteiger partial charge in [0.15, 0.2) is 0 Å². The summed E-state index contributed by atoms with van der Waals surface area (Å²) in [5.41, 5.74) is 1.05. The van der Waals surface area contributed by atoms with E-state index >= 15 is 0 Å². The van der Waals surface area contributed by atoms with E-state index in [2.05, 4.69) is 5.32 Å². The smallest absolute Gasteiger partial charge is 0.220 e. The van der Waals surface area contributed by atoms with Crippen molar-refractivity contribution >= 4 is 17.5 Å². The van der Waals surface area contributed by atoms with Crippen LogP contribution in [0.4, 0.5) is 0 Å². The number of rotatable bonds is 5. The minimum absolute atomic E-state index is 0.141. The molecule has 3 heteroatoms. The first-order chi connectivity index (χ1) is 8.75. The van der Waals surface area contributed by atoms with E-state index in [9.17, 15) is 4.79 Å². The lowest BCUT2D eigenvalue weighted by Crippen LogP contribution is -2.28. The molecule has 0 radical (unpaired) electrons. The van der Waals surface area contributed by atoms with Crippen molar-refractivity contribution in [2.45, 2.75) is 38.5 Å². The van der Waals surface area contributed by atoms with E-state index in [0.29, 0.717) is 12.3 Å². The Labute approximate surface area is 114 Å². The molecule has 0 aliphatic heterocycles. The summed E-state index contributed by atoms with van der Waals surface area (Å²) in [6, 6.07) is 7.71. The molecule has 0 atom stereocenters. The monoisotopic (exact) mass is 265 g/mol. The molecule has 1 fully saturated rings. The Morgan fingerprint density at radius 2 is 2.00 bits per heavy atom. The maximum Gasteiger partial charge on any atom is 0.220 e. The van der Waals surface area contributed by atoms with Crippen molar-refractivity contribution in [1.29, 1.82) is 0 Å². The van der Waals surface area contributed by atoms with E-state index in [0.717, 1.165) is 23.6 Å². The summed E-state index contributed by atoms with van der Waals surface area (Å²) in [5.74, 6) is 0.844. The van der Waals surface area contributed by atoms with E-state index < -0.39 is 0 Å². The van der Waals surface area contributed by atoms with Crippen LogP contribution < -0.4 is 5.32 Å². The standard InChI is InChI=1S/C15H20ClNO/c16-14-8-4-3-7-13(14)9-10-15(18)17-11-12-5-1-2-6-12/h3-4,7-8,12H,1-2,5-6,9-11H2,(H,17,18). The van der Waals surface area contributed by atoms with Gasteiger partial charge < -0.3 is 5.32 Å². The number of aryl methyl sites for hydroxylation is 1. The SMILES string of the molecule is O=C(CCc1ccccc1Cl)NCC1CCCC1. The van der Waals surface area contributed by atoms with Crippen LogP contribution in [-0.2, 0) is 11.2 Å². The number of halogens is 1. The quantitative estimate of drug-likeness (QED) is 0.866. The molecular formula is C15H20ClNO. The van der Waals surface area contributed by atoms with Crippen molar-refractivity contribution in [3.05, 3.63) is 34.9 Å². The molecule has 18 heavy (non-hydrogen) atoms. The minimum Gasteiger partial charge on any atom is -0.356 e. The molecule has 0 saturated heterocycles. The first kappa shape index (κ1) is 13.4. The van der Waals surface area contributed by atoms with Crippen molar-refractivity contribution < 1.29 is 4.79 Å². The Morgan fingerprint density at radius 1 is 1.28 bits per heavy atom. The van der Waals surface area contributed by atoms with Crippen LogP contribution in [0.25, 0.3) is 0 Å². The van der Waals surface area contributed by atoms with Crippen LogP contribution in [0.1, 0.15) is 37.7 Å². The normalized spacial score (nSPS) is 15.8. The average Bonchev–Trinajstić information content (AvgIpc) is 2.88. The molecule has 0 heterocycles. The van der Waals surface area contributed by atoms with Crippen molar-refractivity contribution in [3.63, 3.8) is 0 Å². The zero-order chi connectivity index (χ0) is 12.8. The molecule has 0 bridgehead atoms. The van der Waals surface area contributed by atoms with Gasteiger partial charge in [-0.25, -0.2) is 0 Å². The highest BCUT2D eigenvalue weighted by Gasteiger charge is 2.15. The van der Waals surface area contributed by atoms with E-state index in [-0.39, 0.29) is 5.91 Å². The maximum atomic E-state index is 11.7. The summed E-state index contributed by atoms with van der Waals surface area (Å²) in [4.78, 5) is 11.7. The highest BCUT2D eigenvalue weighted by molar-refractivity contribution is 6.31. The van der Waals surface area contributed by atoms with Crippen LogP contribution in [0.3, 0.4) is 0 Å². The summed E-state index contributed by atoms with van der Waals surface area (Å²) in [6.07, 6.45) is 6.42. The maximum absolute atomic E-state index is 11.7. The molecule has 1 aliphatic rings. The van der Waals surface area contributed by atoms with Gasteiger partial charge in [-0.05, 0) is 36.8 Å². The van der Waals surface area contributed by atoms with Gasteiger partial charge in [-0.3, -0.25) is 4.79 Å². The fourth-order valence-corrected chi connectivity index (χ4v) is 2.74. The van der Waals surface area contributed by atoms with Crippen LogP contribution in [-0.4, -0.2) is 12.5 Å². The third kappa shape index (κ3) is 4.02. The van der Waals surface area contributed by atoms with E-state index in [1.807, 2.05) is 24.3 Å². The number of hydrogen-bond acceptors (Lipinski definition) is 1. The lowest BCUT2D eigenvalue weighted by atomic mass is 10.1. The predicted octanol–water partition coefficient (Wildman–Crippen LogP) is 3.58. The molecule has 0 aromatic heterocycles. The first-order valence-electron chi connectivity index (χ1n) is 6.76. The molecule has 2 nitrogen and oxygen atoms in total. The van der Waals surface area contributed by atoms with Gasteiger partial charge in [0.1, 0.15) is 0 Å². The first-order valence-corrected chi connectivity index (χ1v) is 7.13. The van der Waals surface area contributed by atoms with Crippen LogP contribution >= 0.6 is 11.6 Å². The summed E-state index contributed by atoms with van der Waals surface area (Å²) >= 11 is 6.06. The molecule has 98 valence electrons. The Bertz CT molecular complexity index is 399. The number of carbonyl (C=O) groups is 1. The van der Waals surface area contributed by atoms with Gasteiger partial charge in [0.05, 0.1) is 0 Å². The van der Waals surface area contributed by atoms with Crippen LogP contribution in [0.2, 0.25) is 5.02 Å². The van der Waals surface area contributed by atoms with Crippen molar-refractivity contribution in [2.75, 3.05) is 6.54 Å². The molecular weight excluding hydrogens is 246 g/mol. The van der Waals surface area contributed by atoms with Gasteiger partial charge in [-0.1, -0.05) is 42.6 Å². The Hall–Kier alpha value is -1.02. The van der Waals surface area contributed by atoms with Gasteiger partial charge >= 0.3 is 0 Å². The van der Waals surface area contributed by atoms with Gasteiger partial charge in [0.2, 0.25) is 5.91 Å². The van der Waals surface area contributed by atoms with Gasteiger partial charge in [0.25, 0.3) is 0 Å². The van der Waals surface area contributed by atoms with E-state index in [4.69, 9.17) is 11.6 Å². The Kier molecular flexibility index (Phi) is 5.06. The number of carbonyl (C=O) groups excluding carboxylic acids is 1. The van der Waals surface area contributed by atoms with E-state index in [1.54, 1.807) is 0 Å². The molecule has 1 aromatic carbocycles. The molecule has 1 saturated carbocycles. The van der Waals surface area contributed by atoms with Gasteiger partial charge in [0, 0.05) is 18.0 Å². The molecule has 2 rings (SSSR count). The van der Waals surface area contributed by atoms with Crippen molar-refractivity contribution in [2.24, 2.45) is 5.92 Å². The lowest BCUT2D eigenvalue weighted by molar-refractivity contribution is -0.121. The van der Waals surface area contributed by atoms with Gasteiger partial charge in [-0.15, -0.1) is 0 Å². The zero-order valence-corrected chi connectivity index (χ0v) is 11.4. The largest absolute Gasteiger partial charge is 0.356 e. The second-order valence-corrected chi connectivity index (χ2v) is 5.45. The second kappa shape index (κ2) is 6.79. The topological polar surface area (TPSA) is 29.1 Å². The fraction of sp³-hybridized carbons (Fsp3) is 0.533. The number of nitrogens with one attached hydrogen (secondary N) is 1. The number of amides is 1. The van der Waals surface area contributed by atoms with Crippen molar-refractivity contribution in [1.82, 2.24) is 5.32 Å². The molecule has 1 amide bonds. The molecule has 1 aliphatic carbocycles. The summed E-state index contributed by atoms with van der Waals surface area (Å²) < 4.78 is 0. The average molecular weight is 266 g/mol. The number of hydrogen-bond donors (Lipinski definition) is 1. The number of benzene rings is 1. The predicted molar refractivity (Wildman–Crippen MR) is 74.7 cm³/mol. The van der Waals surface area contributed by atoms with Crippen LogP contribution in [0.15, 0.2) is 24.3 Å². The molecule has 1 N–H and O–H groups in total. The second-order valence-electron chi connectivity index (χ2n) is 5.05. The summed E-state index contributed by atoms with van der Waals surface area (Å²) in [6.45, 7) is 0.849. The Balaban J connectivity index is 1.69. The molecule has 1 aromatic rings. The highest BCUT2D eigenvalue weighted by Crippen LogP contribution is 2.23. The minimum atomic E-state index is 0.141. The Morgan fingerprint density at radius 3 is 2.72 bits per heavy atom. The lowest BCUT2D eigenvalue weighted by Gasteiger charge is -2.10. The van der Waals surface area contributed by atoms with Crippen LogP contribution in [0, 0.1) is 5.92 Å². The van der Waals surface area contributed by atoms with Crippen molar-refractivity contribution in [3.8, 4) is 0 Å². The molecule has 0 unspecified atom stereocenters. The summed E-state index contributed by atoms with van der Waals surface area (Å²) in [5, 5.41) is 3.78. The fourth-order valence-electron chi connectivity index (χ4n) is 2.51. The zero-order valence-electron chi connectivity index (χ0n) is 10.6. The third-order valence-electron chi connectivity index (χ3n) is 3.64. The molecule has 0 spiro atoms. The highest BCUT2D eigenvalue weighted by atomic mass is 35.5.